The number of halogens is 2. The molecule has 3 nitrogen and oxygen atoms in total. The van der Waals surface area contributed by atoms with Crippen molar-refractivity contribution in [3.05, 3.63) is 90.3 Å². The van der Waals surface area contributed by atoms with E-state index in [1.807, 2.05) is 59.4 Å². The standard InChI is InChI=1S/C19H16F2N2O/c20-15-8-9-17(16(21)12-15)22-19(24)13-18(23-10-4-5-11-23)14-6-2-1-3-7-14/h1-12,18H,13H2,(H,22,24). The lowest BCUT2D eigenvalue weighted by Crippen LogP contribution is -2.20. The maximum atomic E-state index is 13.7. The Bertz CT molecular complexity index is 817. The van der Waals surface area contributed by atoms with Crippen molar-refractivity contribution in [1.29, 1.82) is 0 Å². The van der Waals surface area contributed by atoms with Gasteiger partial charge in [-0.05, 0) is 29.8 Å². The number of carbonyl (C=O) groups is 1. The summed E-state index contributed by atoms with van der Waals surface area (Å²) < 4.78 is 28.6. The maximum absolute atomic E-state index is 13.7. The van der Waals surface area contributed by atoms with Crippen LogP contribution in [0.5, 0.6) is 0 Å². The first-order valence-electron chi connectivity index (χ1n) is 7.56. The lowest BCUT2D eigenvalue weighted by molar-refractivity contribution is -0.116. The van der Waals surface area contributed by atoms with Gasteiger partial charge in [0.15, 0.2) is 0 Å². The highest BCUT2D eigenvalue weighted by Crippen LogP contribution is 2.23. The number of nitrogens with one attached hydrogen (secondary N) is 1. The summed E-state index contributed by atoms with van der Waals surface area (Å²) in [5.74, 6) is -1.82. The van der Waals surface area contributed by atoms with E-state index in [9.17, 15) is 13.6 Å². The summed E-state index contributed by atoms with van der Waals surface area (Å²) in [6.07, 6.45) is 3.89. The Kier molecular flexibility index (Phi) is 4.70. The van der Waals surface area contributed by atoms with Crippen LogP contribution >= 0.6 is 0 Å². The van der Waals surface area contributed by atoms with Crippen LogP contribution in [0.1, 0.15) is 18.0 Å². The molecule has 24 heavy (non-hydrogen) atoms. The van der Waals surface area contributed by atoms with Gasteiger partial charge in [-0.2, -0.15) is 0 Å². The van der Waals surface area contributed by atoms with Gasteiger partial charge in [0.2, 0.25) is 5.91 Å². The van der Waals surface area contributed by atoms with Crippen molar-refractivity contribution in [2.75, 3.05) is 5.32 Å². The first-order chi connectivity index (χ1) is 11.6. The molecule has 3 rings (SSSR count). The Morgan fingerprint density at radius 1 is 1.00 bits per heavy atom. The van der Waals surface area contributed by atoms with E-state index in [0.29, 0.717) is 0 Å². The molecule has 1 heterocycles. The summed E-state index contributed by atoms with van der Waals surface area (Å²) in [5.41, 5.74) is 0.948. The zero-order chi connectivity index (χ0) is 16.9. The van der Waals surface area contributed by atoms with Crippen LogP contribution < -0.4 is 5.32 Å². The Morgan fingerprint density at radius 3 is 2.38 bits per heavy atom. The van der Waals surface area contributed by atoms with E-state index in [4.69, 9.17) is 0 Å². The van der Waals surface area contributed by atoms with E-state index in [0.717, 1.165) is 17.7 Å². The third-order valence-electron chi connectivity index (χ3n) is 3.76. The van der Waals surface area contributed by atoms with Crippen LogP contribution in [0, 0.1) is 11.6 Å². The fraction of sp³-hybridized carbons (Fsp3) is 0.105. The molecule has 1 unspecified atom stereocenters. The highest BCUT2D eigenvalue weighted by molar-refractivity contribution is 5.91. The fourth-order valence-corrected chi connectivity index (χ4v) is 2.59. The Labute approximate surface area is 138 Å². The second kappa shape index (κ2) is 7.08. The molecule has 1 N–H and O–H groups in total. The van der Waals surface area contributed by atoms with Gasteiger partial charge in [-0.3, -0.25) is 4.79 Å². The Hall–Kier alpha value is -2.95. The van der Waals surface area contributed by atoms with E-state index in [1.54, 1.807) is 0 Å². The number of carbonyl (C=O) groups excluding carboxylic acids is 1. The van der Waals surface area contributed by atoms with Crippen molar-refractivity contribution in [3.8, 4) is 0 Å². The minimum absolute atomic E-state index is 0.0271. The second-order valence-corrected chi connectivity index (χ2v) is 5.43. The third kappa shape index (κ3) is 3.68. The summed E-state index contributed by atoms with van der Waals surface area (Å²) in [5, 5.41) is 2.51. The molecule has 122 valence electrons. The lowest BCUT2D eigenvalue weighted by atomic mass is 10.0. The molecule has 0 radical (unpaired) electrons. The molecule has 0 saturated heterocycles. The van der Waals surface area contributed by atoms with E-state index in [1.165, 1.54) is 6.07 Å². The molecular weight excluding hydrogens is 310 g/mol. The molecule has 0 saturated carbocycles. The number of rotatable bonds is 5. The number of hydrogen-bond donors (Lipinski definition) is 1. The quantitative estimate of drug-likeness (QED) is 0.741. The normalized spacial score (nSPS) is 11.9. The van der Waals surface area contributed by atoms with Crippen molar-refractivity contribution in [2.24, 2.45) is 0 Å². The first kappa shape index (κ1) is 15.9. The fourth-order valence-electron chi connectivity index (χ4n) is 2.59. The minimum atomic E-state index is -0.791. The van der Waals surface area contributed by atoms with Gasteiger partial charge in [0.1, 0.15) is 11.6 Å². The topological polar surface area (TPSA) is 34.0 Å². The number of aromatic nitrogens is 1. The largest absolute Gasteiger partial charge is 0.346 e. The van der Waals surface area contributed by atoms with E-state index >= 15 is 0 Å². The lowest BCUT2D eigenvalue weighted by Gasteiger charge is -2.19. The zero-order valence-electron chi connectivity index (χ0n) is 12.8. The molecule has 0 fully saturated rings. The van der Waals surface area contributed by atoms with Crippen LogP contribution in [0.3, 0.4) is 0 Å². The smallest absolute Gasteiger partial charge is 0.226 e. The SMILES string of the molecule is O=C(CC(c1ccccc1)n1cccc1)Nc1ccc(F)cc1F. The summed E-state index contributed by atoms with van der Waals surface area (Å²) in [6.45, 7) is 0. The molecule has 0 bridgehead atoms. The monoisotopic (exact) mass is 326 g/mol. The number of benzene rings is 2. The van der Waals surface area contributed by atoms with Crippen LogP contribution in [0.2, 0.25) is 0 Å². The zero-order valence-corrected chi connectivity index (χ0v) is 12.8. The van der Waals surface area contributed by atoms with Crippen LogP contribution in [-0.2, 0) is 4.79 Å². The van der Waals surface area contributed by atoms with Crippen LogP contribution in [0.25, 0.3) is 0 Å². The van der Waals surface area contributed by atoms with Gasteiger partial charge in [0, 0.05) is 18.5 Å². The van der Waals surface area contributed by atoms with Gasteiger partial charge in [-0.25, -0.2) is 8.78 Å². The average Bonchev–Trinajstić information content (AvgIpc) is 3.10. The number of nitrogens with zero attached hydrogens (tertiary/aromatic N) is 1. The van der Waals surface area contributed by atoms with E-state index in [2.05, 4.69) is 5.32 Å². The molecule has 1 atom stereocenters. The minimum Gasteiger partial charge on any atom is -0.346 e. The Balaban J connectivity index is 1.79. The van der Waals surface area contributed by atoms with Gasteiger partial charge in [0.05, 0.1) is 18.2 Å². The molecule has 0 spiro atoms. The van der Waals surface area contributed by atoms with Crippen molar-refractivity contribution in [2.45, 2.75) is 12.5 Å². The van der Waals surface area contributed by atoms with Crippen molar-refractivity contribution >= 4 is 11.6 Å². The molecule has 5 heteroatoms. The van der Waals surface area contributed by atoms with E-state index in [-0.39, 0.29) is 24.1 Å². The van der Waals surface area contributed by atoms with Crippen molar-refractivity contribution in [1.82, 2.24) is 4.57 Å². The Morgan fingerprint density at radius 2 is 1.71 bits per heavy atom. The molecule has 0 aliphatic heterocycles. The number of hydrogen-bond acceptors (Lipinski definition) is 1. The number of anilines is 1. The average molecular weight is 326 g/mol. The second-order valence-electron chi connectivity index (χ2n) is 5.43. The third-order valence-corrected chi connectivity index (χ3v) is 3.76. The van der Waals surface area contributed by atoms with Crippen LogP contribution in [0.4, 0.5) is 14.5 Å². The van der Waals surface area contributed by atoms with Crippen LogP contribution in [0.15, 0.2) is 73.1 Å². The molecule has 0 aliphatic carbocycles. The van der Waals surface area contributed by atoms with Gasteiger partial charge in [0.25, 0.3) is 0 Å². The first-order valence-corrected chi connectivity index (χ1v) is 7.56. The molecule has 1 amide bonds. The van der Waals surface area contributed by atoms with Gasteiger partial charge >= 0.3 is 0 Å². The predicted molar refractivity (Wildman–Crippen MR) is 88.6 cm³/mol. The van der Waals surface area contributed by atoms with E-state index < -0.39 is 11.6 Å². The molecule has 0 aliphatic rings. The van der Waals surface area contributed by atoms with Gasteiger partial charge < -0.3 is 9.88 Å². The van der Waals surface area contributed by atoms with Crippen LogP contribution in [-0.4, -0.2) is 10.5 Å². The van der Waals surface area contributed by atoms with Gasteiger partial charge in [-0.15, -0.1) is 0 Å². The summed E-state index contributed by atoms with van der Waals surface area (Å²) in [7, 11) is 0. The summed E-state index contributed by atoms with van der Waals surface area (Å²) >= 11 is 0. The van der Waals surface area contributed by atoms with Crippen molar-refractivity contribution < 1.29 is 13.6 Å². The molecule has 2 aromatic carbocycles. The number of amides is 1. The predicted octanol–water partition coefficient (Wildman–Crippen LogP) is 4.38. The van der Waals surface area contributed by atoms with Gasteiger partial charge in [-0.1, -0.05) is 30.3 Å². The summed E-state index contributed by atoms with van der Waals surface area (Å²) in [4.78, 5) is 12.3. The molecule has 3 aromatic rings. The highest BCUT2D eigenvalue weighted by Gasteiger charge is 2.18. The van der Waals surface area contributed by atoms with Crippen molar-refractivity contribution in [3.63, 3.8) is 0 Å². The maximum Gasteiger partial charge on any atom is 0.226 e. The summed E-state index contributed by atoms with van der Waals surface area (Å²) in [6, 6.07) is 16.2. The molecular formula is C19H16F2N2O. The highest BCUT2D eigenvalue weighted by atomic mass is 19.1. The molecule has 1 aromatic heterocycles.